The Morgan fingerprint density at radius 1 is 0.222 bits per heavy atom. The van der Waals surface area contributed by atoms with Gasteiger partial charge >= 0.3 is 0 Å². The SMILES string of the molecule is CCCCCCCCCCN1CCNCCNCCN(CCCCCCCCCC)C(CCCCCCCCCC)(CCCCCCCCCC)C1(CCCCCCCCCC)CCCCCCCCCC. The molecule has 0 aliphatic carbocycles. The van der Waals surface area contributed by atoms with Gasteiger partial charge in [0.1, 0.15) is 0 Å². The summed E-state index contributed by atoms with van der Waals surface area (Å²) >= 11 is 0. The van der Waals surface area contributed by atoms with Gasteiger partial charge in [0.05, 0.1) is 0 Å². The van der Waals surface area contributed by atoms with Crippen LogP contribution in [0.15, 0.2) is 0 Å². The fourth-order valence-electron chi connectivity index (χ4n) is 13.4. The van der Waals surface area contributed by atoms with Gasteiger partial charge in [0, 0.05) is 50.3 Å². The highest BCUT2D eigenvalue weighted by molar-refractivity contribution is 5.13. The number of unbranched alkanes of at least 4 members (excludes halogenated alkanes) is 42. The predicted octanol–water partition coefficient (Wildman–Crippen LogP) is 21.7. The van der Waals surface area contributed by atoms with Gasteiger partial charge in [-0.2, -0.15) is 0 Å². The van der Waals surface area contributed by atoms with Crippen LogP contribution >= 0.6 is 0 Å². The minimum atomic E-state index is 0.224. The summed E-state index contributed by atoms with van der Waals surface area (Å²) in [5.74, 6) is 0. The second kappa shape index (κ2) is 54.2. The fourth-order valence-corrected chi connectivity index (χ4v) is 13.4. The zero-order valence-corrected chi connectivity index (χ0v) is 51.3. The topological polar surface area (TPSA) is 30.5 Å². The molecule has 0 saturated carbocycles. The highest BCUT2D eigenvalue weighted by Gasteiger charge is 2.55. The summed E-state index contributed by atoms with van der Waals surface area (Å²) in [7, 11) is 0. The Labute approximate surface area is 457 Å². The second-order valence-corrected chi connectivity index (χ2v) is 24.4. The first kappa shape index (κ1) is 69.9. The average Bonchev–Trinajstić information content (AvgIpc) is 3.39. The molecule has 0 amide bonds. The molecule has 1 aliphatic heterocycles. The molecule has 0 aromatic carbocycles. The summed E-state index contributed by atoms with van der Waals surface area (Å²) < 4.78 is 0. The van der Waals surface area contributed by atoms with Crippen molar-refractivity contribution in [2.24, 2.45) is 0 Å². The maximum Gasteiger partial charge on any atom is 0.0393 e. The molecule has 1 heterocycles. The summed E-state index contributed by atoms with van der Waals surface area (Å²) in [4.78, 5) is 6.68. The minimum absolute atomic E-state index is 0.224. The maximum atomic E-state index is 4.05. The van der Waals surface area contributed by atoms with Crippen molar-refractivity contribution in [3.63, 3.8) is 0 Å². The van der Waals surface area contributed by atoms with Gasteiger partial charge in [0.25, 0.3) is 0 Å². The molecule has 432 valence electrons. The van der Waals surface area contributed by atoms with Gasteiger partial charge in [0.15, 0.2) is 0 Å². The molecule has 1 saturated heterocycles. The van der Waals surface area contributed by atoms with Crippen molar-refractivity contribution in [2.75, 3.05) is 52.4 Å². The first-order chi connectivity index (χ1) is 35.6. The van der Waals surface area contributed by atoms with Gasteiger partial charge in [-0.3, -0.25) is 9.80 Å². The zero-order valence-electron chi connectivity index (χ0n) is 51.3. The molecule has 0 aromatic heterocycles. The van der Waals surface area contributed by atoms with Crippen LogP contribution < -0.4 is 10.6 Å². The van der Waals surface area contributed by atoms with Crippen LogP contribution in [0.5, 0.6) is 0 Å². The van der Waals surface area contributed by atoms with E-state index in [2.05, 4.69) is 62.0 Å². The van der Waals surface area contributed by atoms with E-state index in [1.54, 1.807) is 0 Å². The Morgan fingerprint density at radius 3 is 0.611 bits per heavy atom. The van der Waals surface area contributed by atoms with Crippen LogP contribution in [0.4, 0.5) is 0 Å². The van der Waals surface area contributed by atoms with Crippen LogP contribution in [-0.2, 0) is 0 Å². The first-order valence-electron chi connectivity index (χ1n) is 34.5. The van der Waals surface area contributed by atoms with Gasteiger partial charge in [-0.1, -0.05) is 337 Å². The van der Waals surface area contributed by atoms with E-state index >= 15 is 0 Å². The third-order valence-electron chi connectivity index (χ3n) is 18.0. The van der Waals surface area contributed by atoms with Crippen LogP contribution in [0.25, 0.3) is 0 Å². The van der Waals surface area contributed by atoms with Crippen molar-refractivity contribution in [3.8, 4) is 0 Å². The van der Waals surface area contributed by atoms with E-state index in [4.69, 9.17) is 0 Å². The average molecular weight is 1010 g/mol. The third-order valence-corrected chi connectivity index (χ3v) is 18.0. The van der Waals surface area contributed by atoms with Gasteiger partial charge < -0.3 is 10.6 Å². The summed E-state index contributed by atoms with van der Waals surface area (Å²) in [5, 5.41) is 8.10. The molecular weight excluding hydrogens is 873 g/mol. The van der Waals surface area contributed by atoms with E-state index in [9.17, 15) is 0 Å². The van der Waals surface area contributed by atoms with Crippen molar-refractivity contribution < 1.29 is 0 Å². The van der Waals surface area contributed by atoms with Crippen molar-refractivity contribution in [3.05, 3.63) is 0 Å². The normalized spacial score (nSPS) is 16.1. The Morgan fingerprint density at radius 2 is 0.403 bits per heavy atom. The van der Waals surface area contributed by atoms with Crippen LogP contribution in [0.1, 0.15) is 375 Å². The van der Waals surface area contributed by atoms with E-state index in [-0.39, 0.29) is 11.1 Å². The summed E-state index contributed by atoms with van der Waals surface area (Å²) in [6, 6.07) is 0. The Hall–Kier alpha value is -0.160. The lowest BCUT2D eigenvalue weighted by molar-refractivity contribution is -0.102. The number of rotatable bonds is 54. The first-order valence-corrected chi connectivity index (χ1v) is 34.5. The van der Waals surface area contributed by atoms with Gasteiger partial charge in [-0.05, 0) is 51.6 Å². The van der Waals surface area contributed by atoms with Crippen molar-refractivity contribution >= 4 is 0 Å². The molecule has 0 bridgehead atoms. The molecular formula is C68H140N4. The van der Waals surface area contributed by atoms with Crippen LogP contribution in [-0.4, -0.2) is 73.2 Å². The second-order valence-electron chi connectivity index (χ2n) is 24.4. The number of nitrogens with one attached hydrogen (secondary N) is 2. The fraction of sp³-hybridized carbons (Fsp3) is 1.00. The zero-order chi connectivity index (χ0) is 52.0. The summed E-state index contributed by atoms with van der Waals surface area (Å²) in [5.41, 5.74) is 0.448. The molecule has 0 unspecified atom stereocenters. The number of hydrogen-bond donors (Lipinski definition) is 2. The molecule has 2 N–H and O–H groups in total. The molecule has 1 fully saturated rings. The molecule has 1 aliphatic rings. The molecule has 0 aromatic rings. The summed E-state index contributed by atoms with van der Waals surface area (Å²) in [6.07, 6.45) is 74.4. The van der Waals surface area contributed by atoms with Crippen molar-refractivity contribution in [1.82, 2.24) is 20.4 Å². The molecule has 0 radical (unpaired) electrons. The molecule has 0 spiro atoms. The molecule has 1 rings (SSSR count). The largest absolute Gasteiger partial charge is 0.314 e. The Balaban J connectivity index is 4.03. The lowest BCUT2D eigenvalue weighted by Crippen LogP contribution is -2.72. The van der Waals surface area contributed by atoms with E-state index in [1.807, 2.05) is 0 Å². The standard InChI is InChI=1S/C68H140N4/c1-7-13-19-25-31-37-43-49-55-67(56-50-44-38-32-26-20-14-8-2)68(57-51-45-39-33-27-21-15-9-3,58-52-46-40-34-28-22-16-10-4)72(64-54-48-42-36-30-24-18-12-6)66-62-70-60-59-69-61-65-71(67)63-53-47-41-35-29-23-17-11-5/h69-70H,7-66H2,1-6H3. The van der Waals surface area contributed by atoms with Crippen LogP contribution in [0.3, 0.4) is 0 Å². The van der Waals surface area contributed by atoms with Gasteiger partial charge in [-0.15, -0.1) is 0 Å². The lowest BCUT2D eigenvalue weighted by atomic mass is 9.63. The highest BCUT2D eigenvalue weighted by atomic mass is 15.3. The van der Waals surface area contributed by atoms with E-state index in [0.717, 1.165) is 26.2 Å². The van der Waals surface area contributed by atoms with Gasteiger partial charge in [-0.25, -0.2) is 0 Å². The van der Waals surface area contributed by atoms with Crippen molar-refractivity contribution in [2.45, 2.75) is 387 Å². The predicted molar refractivity (Wildman–Crippen MR) is 328 cm³/mol. The smallest absolute Gasteiger partial charge is 0.0393 e. The number of hydrogen-bond acceptors (Lipinski definition) is 4. The van der Waals surface area contributed by atoms with Crippen molar-refractivity contribution in [1.29, 1.82) is 0 Å². The Bertz CT molecular complexity index is 910. The molecule has 4 nitrogen and oxygen atoms in total. The molecule has 72 heavy (non-hydrogen) atoms. The minimum Gasteiger partial charge on any atom is -0.314 e. The third kappa shape index (κ3) is 36.0. The van der Waals surface area contributed by atoms with E-state index in [0.29, 0.717) is 0 Å². The Kier molecular flexibility index (Phi) is 52.6. The van der Waals surface area contributed by atoms with Crippen LogP contribution in [0.2, 0.25) is 0 Å². The molecule has 0 atom stereocenters. The van der Waals surface area contributed by atoms with Crippen LogP contribution in [0, 0.1) is 0 Å². The quantitative estimate of drug-likeness (QED) is 0.0595. The van der Waals surface area contributed by atoms with Gasteiger partial charge in [0.2, 0.25) is 0 Å². The monoisotopic (exact) mass is 1010 g/mol. The maximum absolute atomic E-state index is 4.05. The summed E-state index contributed by atoms with van der Waals surface area (Å²) in [6.45, 7) is 23.9. The lowest BCUT2D eigenvalue weighted by Gasteiger charge is -2.62. The van der Waals surface area contributed by atoms with E-state index in [1.165, 1.54) is 360 Å². The number of nitrogens with zero attached hydrogens (tertiary/aromatic N) is 2. The highest BCUT2D eigenvalue weighted by Crippen LogP contribution is 2.49. The van der Waals surface area contributed by atoms with E-state index < -0.39 is 0 Å². The molecule has 4 heteroatoms.